The van der Waals surface area contributed by atoms with Gasteiger partial charge in [0.25, 0.3) is 5.91 Å². The molecular formula is C17H17ClN2O3. The second-order valence-corrected chi connectivity index (χ2v) is 5.76. The van der Waals surface area contributed by atoms with E-state index >= 15 is 0 Å². The lowest BCUT2D eigenvalue weighted by molar-refractivity contribution is -0.134. The molecule has 0 saturated heterocycles. The third kappa shape index (κ3) is 4.72. The van der Waals surface area contributed by atoms with Gasteiger partial charge < -0.3 is 9.84 Å². The maximum atomic E-state index is 12.2. The van der Waals surface area contributed by atoms with Gasteiger partial charge in [-0.1, -0.05) is 23.7 Å². The summed E-state index contributed by atoms with van der Waals surface area (Å²) >= 11 is 5.81. The van der Waals surface area contributed by atoms with Crippen LogP contribution in [-0.2, 0) is 4.79 Å². The monoisotopic (exact) mass is 332 g/mol. The molecule has 0 saturated carbocycles. The molecule has 5 nitrogen and oxygen atoms in total. The quantitative estimate of drug-likeness (QED) is 0.651. The van der Waals surface area contributed by atoms with Crippen LogP contribution < -0.4 is 10.2 Å². The molecule has 120 valence electrons. The first kappa shape index (κ1) is 16.8. The molecule has 23 heavy (non-hydrogen) atoms. The minimum Gasteiger partial charge on any atom is -0.507 e. The zero-order chi connectivity index (χ0) is 16.9. The number of rotatable bonds is 5. The highest BCUT2D eigenvalue weighted by molar-refractivity contribution is 6.30. The molecule has 0 aliphatic carbocycles. The number of carbonyl (C=O) groups excluding carboxylic acids is 1. The summed E-state index contributed by atoms with van der Waals surface area (Å²) in [5, 5.41) is 14.0. The van der Waals surface area contributed by atoms with E-state index in [-0.39, 0.29) is 5.75 Å². The lowest BCUT2D eigenvalue weighted by atomic mass is 10.1. The van der Waals surface area contributed by atoms with E-state index in [9.17, 15) is 9.90 Å². The number of hydrogen-bond donors (Lipinski definition) is 2. The molecule has 2 N–H and O–H groups in total. The summed E-state index contributed by atoms with van der Waals surface area (Å²) in [6.07, 6.45) is 1.37. The van der Waals surface area contributed by atoms with Crippen molar-refractivity contribution in [1.82, 2.24) is 5.43 Å². The number of nitrogens with zero attached hydrogens (tertiary/aromatic N) is 1. The maximum absolute atomic E-state index is 12.2. The first-order valence-corrected chi connectivity index (χ1v) is 7.32. The SMILES string of the molecule is CC(C)(Oc1ccc(Cl)cc1)C(=O)N/N=C/c1ccccc1O. The van der Waals surface area contributed by atoms with Gasteiger partial charge >= 0.3 is 0 Å². The molecule has 0 spiro atoms. The zero-order valence-corrected chi connectivity index (χ0v) is 13.5. The van der Waals surface area contributed by atoms with E-state index in [0.717, 1.165) is 0 Å². The second kappa shape index (κ2) is 7.15. The van der Waals surface area contributed by atoms with E-state index in [1.54, 1.807) is 56.3 Å². The molecule has 0 bridgehead atoms. The van der Waals surface area contributed by atoms with Crippen molar-refractivity contribution >= 4 is 23.7 Å². The van der Waals surface area contributed by atoms with Crippen LogP contribution in [0.3, 0.4) is 0 Å². The first-order valence-electron chi connectivity index (χ1n) is 6.94. The van der Waals surface area contributed by atoms with E-state index in [4.69, 9.17) is 16.3 Å². The van der Waals surface area contributed by atoms with E-state index in [2.05, 4.69) is 10.5 Å². The summed E-state index contributed by atoms with van der Waals surface area (Å²) < 4.78 is 5.65. The molecule has 2 aromatic rings. The van der Waals surface area contributed by atoms with Crippen molar-refractivity contribution < 1.29 is 14.6 Å². The van der Waals surface area contributed by atoms with Crippen molar-refractivity contribution in [1.29, 1.82) is 0 Å². The largest absolute Gasteiger partial charge is 0.507 e. The van der Waals surface area contributed by atoms with Crippen LogP contribution in [0.15, 0.2) is 53.6 Å². The van der Waals surface area contributed by atoms with Crippen LogP contribution in [0, 0.1) is 0 Å². The van der Waals surface area contributed by atoms with E-state index < -0.39 is 11.5 Å². The third-order valence-corrected chi connectivity index (χ3v) is 3.29. The molecular weight excluding hydrogens is 316 g/mol. The van der Waals surface area contributed by atoms with Crippen LogP contribution in [0.4, 0.5) is 0 Å². The normalized spacial score (nSPS) is 11.4. The van der Waals surface area contributed by atoms with Gasteiger partial charge in [0.1, 0.15) is 11.5 Å². The van der Waals surface area contributed by atoms with E-state index in [1.165, 1.54) is 12.3 Å². The molecule has 6 heteroatoms. The zero-order valence-electron chi connectivity index (χ0n) is 12.8. The molecule has 0 radical (unpaired) electrons. The molecule has 0 aliphatic heterocycles. The average Bonchev–Trinajstić information content (AvgIpc) is 2.51. The smallest absolute Gasteiger partial charge is 0.283 e. The Balaban J connectivity index is 1.98. The minimum atomic E-state index is -1.12. The number of amides is 1. The number of nitrogens with one attached hydrogen (secondary N) is 1. The molecule has 0 aromatic heterocycles. The Morgan fingerprint density at radius 1 is 1.22 bits per heavy atom. The Morgan fingerprint density at radius 3 is 2.52 bits per heavy atom. The molecule has 2 aromatic carbocycles. The van der Waals surface area contributed by atoms with Gasteiger partial charge in [0.05, 0.1) is 6.21 Å². The summed E-state index contributed by atoms with van der Waals surface area (Å²) in [6.45, 7) is 3.26. The van der Waals surface area contributed by atoms with Crippen molar-refractivity contribution in [3.05, 3.63) is 59.1 Å². The molecule has 0 aliphatic rings. The Morgan fingerprint density at radius 2 is 1.87 bits per heavy atom. The number of ether oxygens (including phenoxy) is 1. The van der Waals surface area contributed by atoms with Crippen LogP contribution >= 0.6 is 11.6 Å². The van der Waals surface area contributed by atoms with Crippen LogP contribution in [0.5, 0.6) is 11.5 Å². The molecule has 0 heterocycles. The second-order valence-electron chi connectivity index (χ2n) is 5.32. The van der Waals surface area contributed by atoms with Crippen LogP contribution in [0.25, 0.3) is 0 Å². The van der Waals surface area contributed by atoms with Gasteiger partial charge in [-0.3, -0.25) is 4.79 Å². The Bertz CT molecular complexity index is 712. The summed E-state index contributed by atoms with van der Waals surface area (Å²) in [4.78, 5) is 12.2. The maximum Gasteiger partial charge on any atom is 0.283 e. The Kier molecular flexibility index (Phi) is 5.24. The average molecular weight is 333 g/mol. The molecule has 0 atom stereocenters. The molecule has 1 amide bonds. The highest BCUT2D eigenvalue weighted by Gasteiger charge is 2.29. The van der Waals surface area contributed by atoms with Crippen LogP contribution in [0.1, 0.15) is 19.4 Å². The number of benzene rings is 2. The Hall–Kier alpha value is -2.53. The number of aromatic hydroxyl groups is 1. The summed E-state index contributed by atoms with van der Waals surface area (Å²) in [5.74, 6) is 0.195. The van der Waals surface area contributed by atoms with E-state index in [0.29, 0.717) is 16.3 Å². The minimum absolute atomic E-state index is 0.0853. The van der Waals surface area contributed by atoms with Crippen molar-refractivity contribution in [2.45, 2.75) is 19.4 Å². The molecule has 0 unspecified atom stereocenters. The standard InChI is InChI=1S/C17H17ClN2O3/c1-17(2,23-14-9-7-13(18)8-10-14)16(22)20-19-11-12-5-3-4-6-15(12)21/h3-11,21H,1-2H3,(H,20,22)/b19-11+. The van der Waals surface area contributed by atoms with Gasteiger partial charge in [0.15, 0.2) is 5.60 Å². The lowest BCUT2D eigenvalue weighted by Crippen LogP contribution is -2.44. The van der Waals surface area contributed by atoms with E-state index in [1.807, 2.05) is 0 Å². The number of hydrazone groups is 1. The fourth-order valence-corrected chi connectivity index (χ4v) is 1.86. The number of carbonyl (C=O) groups is 1. The predicted molar refractivity (Wildman–Crippen MR) is 90.0 cm³/mol. The summed E-state index contributed by atoms with van der Waals surface area (Å²) in [7, 11) is 0. The predicted octanol–water partition coefficient (Wildman–Crippen LogP) is 3.35. The Labute approximate surface area is 139 Å². The fourth-order valence-electron chi connectivity index (χ4n) is 1.74. The van der Waals surface area contributed by atoms with Crippen LogP contribution in [0.2, 0.25) is 5.02 Å². The summed E-state index contributed by atoms with van der Waals surface area (Å²) in [6, 6.07) is 13.4. The van der Waals surface area contributed by atoms with Gasteiger partial charge in [0.2, 0.25) is 0 Å². The third-order valence-electron chi connectivity index (χ3n) is 3.04. The number of phenols is 1. The van der Waals surface area contributed by atoms with Crippen LogP contribution in [-0.4, -0.2) is 22.8 Å². The number of halogens is 1. The highest BCUT2D eigenvalue weighted by Crippen LogP contribution is 2.21. The van der Waals surface area contributed by atoms with Gasteiger partial charge in [-0.25, -0.2) is 5.43 Å². The number of para-hydroxylation sites is 1. The lowest BCUT2D eigenvalue weighted by Gasteiger charge is -2.24. The van der Waals surface area contributed by atoms with Gasteiger partial charge in [0, 0.05) is 10.6 Å². The molecule has 2 rings (SSSR count). The molecule has 0 fully saturated rings. The van der Waals surface area contributed by atoms with Gasteiger partial charge in [-0.2, -0.15) is 5.10 Å². The van der Waals surface area contributed by atoms with Crippen molar-refractivity contribution in [3.8, 4) is 11.5 Å². The van der Waals surface area contributed by atoms with Crippen molar-refractivity contribution in [2.24, 2.45) is 5.10 Å². The van der Waals surface area contributed by atoms with Gasteiger partial charge in [-0.15, -0.1) is 0 Å². The topological polar surface area (TPSA) is 70.9 Å². The first-order chi connectivity index (χ1) is 10.9. The van der Waals surface area contributed by atoms with Crippen molar-refractivity contribution in [3.63, 3.8) is 0 Å². The van der Waals surface area contributed by atoms with Crippen molar-refractivity contribution in [2.75, 3.05) is 0 Å². The summed E-state index contributed by atoms with van der Waals surface area (Å²) in [5.41, 5.74) is 1.78. The number of hydrogen-bond acceptors (Lipinski definition) is 4. The van der Waals surface area contributed by atoms with Gasteiger partial charge in [-0.05, 0) is 50.2 Å². The highest BCUT2D eigenvalue weighted by atomic mass is 35.5. The fraction of sp³-hybridized carbons (Fsp3) is 0.176. The number of phenolic OH excluding ortho intramolecular Hbond substituents is 1.